The van der Waals surface area contributed by atoms with E-state index < -0.39 is 65.4 Å². The number of aromatic hydroxyl groups is 1. The molecule has 1 atom stereocenters. The number of aryl methyl sites for hydroxylation is 5. The molecule has 2 amide bonds. The Morgan fingerprint density at radius 2 is 1.43 bits per heavy atom. The van der Waals surface area contributed by atoms with Crippen molar-refractivity contribution in [3.05, 3.63) is 146 Å². The number of hydrogen-bond acceptors (Lipinski definition) is 26. The third-order valence-corrected chi connectivity index (χ3v) is 19.6. The number of ether oxygens (including phenoxy) is 6. The summed E-state index contributed by atoms with van der Waals surface area (Å²) in [4.78, 5) is 104. The molecule has 1 unspecified atom stereocenters. The first-order valence-corrected chi connectivity index (χ1v) is 37.7. The van der Waals surface area contributed by atoms with Gasteiger partial charge in [-0.1, -0.05) is 59.9 Å². The zero-order valence-corrected chi connectivity index (χ0v) is 68.6. The van der Waals surface area contributed by atoms with Crippen LogP contribution in [0, 0.1) is 29.8 Å². The molecule has 106 heavy (non-hydrogen) atoms. The molecule has 0 fully saturated rings. The van der Waals surface area contributed by atoms with Crippen molar-refractivity contribution >= 4 is 124 Å². The molecule has 0 spiro atoms. The average Bonchev–Trinajstić information content (AvgIpc) is 1.58. The van der Waals surface area contributed by atoms with Crippen molar-refractivity contribution < 1.29 is 114 Å². The Balaban J connectivity index is 0.000000221. The van der Waals surface area contributed by atoms with Gasteiger partial charge in [0.1, 0.15) is 29.3 Å². The first-order valence-electron chi connectivity index (χ1n) is 32.5. The second kappa shape index (κ2) is 37.0. The van der Waals surface area contributed by atoms with Crippen LogP contribution in [0.5, 0.6) is 17.8 Å². The van der Waals surface area contributed by atoms with Gasteiger partial charge in [0.15, 0.2) is 33.1 Å². The number of fused-ring (bicyclic) bond motifs is 1. The number of sulfone groups is 1. The largest absolute Gasteiger partial charge is 1.00 e. The van der Waals surface area contributed by atoms with Gasteiger partial charge in [-0.05, 0) is 169 Å². The van der Waals surface area contributed by atoms with Crippen molar-refractivity contribution in [1.29, 1.82) is 0 Å². The predicted molar refractivity (Wildman–Crippen MR) is 397 cm³/mol. The number of oxime groups is 1. The van der Waals surface area contributed by atoms with Crippen molar-refractivity contribution in [2.24, 2.45) is 22.7 Å². The number of urea groups is 1. The fourth-order valence-corrected chi connectivity index (χ4v) is 14.1. The summed E-state index contributed by atoms with van der Waals surface area (Å²) in [5.41, 5.74) is 4.81. The number of amides is 2. The summed E-state index contributed by atoms with van der Waals surface area (Å²) in [5.74, 6) is -2.65. The van der Waals surface area contributed by atoms with Crippen LogP contribution in [0.25, 0.3) is 15.8 Å². The van der Waals surface area contributed by atoms with Gasteiger partial charge in [-0.25, -0.2) is 55.3 Å². The quantitative estimate of drug-likeness (QED) is 0.0281. The number of halogens is 3. The van der Waals surface area contributed by atoms with Crippen LogP contribution in [-0.4, -0.2) is 162 Å². The third-order valence-electron chi connectivity index (χ3n) is 16.0. The van der Waals surface area contributed by atoms with Crippen molar-refractivity contribution in [3.63, 3.8) is 0 Å². The van der Waals surface area contributed by atoms with Crippen LogP contribution < -0.4 is 54.9 Å². The van der Waals surface area contributed by atoms with E-state index in [2.05, 4.69) is 78.0 Å². The molecule has 6 heterocycles. The Kier molecular flexibility index (Phi) is 30.2. The molecule has 10 rings (SSSR count). The van der Waals surface area contributed by atoms with Crippen LogP contribution >= 0.6 is 45.8 Å². The molecule has 31 nitrogen and oxygen atoms in total. The van der Waals surface area contributed by atoms with Crippen LogP contribution in [0.3, 0.4) is 0 Å². The molecule has 564 valence electrons. The molecule has 4 aromatic carbocycles. The van der Waals surface area contributed by atoms with E-state index in [0.717, 1.165) is 42.9 Å². The van der Waals surface area contributed by atoms with Gasteiger partial charge in [-0.3, -0.25) is 19.2 Å². The minimum atomic E-state index is -4.51. The van der Waals surface area contributed by atoms with E-state index in [0.29, 0.717) is 86.9 Å². The third kappa shape index (κ3) is 20.5. The standard InChI is InChI=1S/C23H32N2O4.C16H18Cl2N2O4.C16H17N3O5S.C14H14IN5O6S.Na/c1-7-16-13-15(3)14-17(8-2)18(16)19-20(26)24-9-11-28-12-10-25(24)21(19)29-22(27)23(4,5)6;1-4-23-14(21)12-9-16(3,15(22)24-5-2)20(19-12)13-7-6-10(17)8-11(13)18;1-9-10(15(20)11-8-17-19(2)16(11)21)4-5-13(25(3,22)23)14(9)12-6-7-24-18-12;1-7-16-12(19-14(17-7)26-3)18-13(22)20-27(23,24)10-6-8(15)4-5-9(10)11(21)25-2;/h13-14H,7-12H2,1-6H3;6-8H,4-5,9H2,1-3H3;4-5,8,21H,6-7H2,1-3H3;4-6H,1-3H3,(H2,16,17,18,19,20,22);/q;;;;+1/p-1. The molecule has 2 N–H and O–H groups in total. The second-order valence-electron chi connectivity index (χ2n) is 24.7. The fourth-order valence-electron chi connectivity index (χ4n) is 10.9. The molecule has 3 aliphatic heterocycles. The van der Waals surface area contributed by atoms with Crippen molar-refractivity contribution in [2.45, 2.75) is 130 Å². The number of ketones is 1. The topological polar surface area (TPSA) is 393 Å². The van der Waals surface area contributed by atoms with Crippen molar-refractivity contribution in [2.75, 3.05) is 63.8 Å². The number of nitrogens with zero attached hydrogens (tertiary/aromatic N) is 11. The number of hydrazone groups is 1. The maximum atomic E-state index is 13.5. The molecule has 0 radical (unpaired) electrons. The van der Waals surface area contributed by atoms with Crippen molar-refractivity contribution in [1.82, 2.24) is 34.1 Å². The van der Waals surface area contributed by atoms with Gasteiger partial charge in [0.2, 0.25) is 21.8 Å². The Bertz CT molecular complexity index is 4860. The number of nitrogens with one attached hydrogen (secondary N) is 1. The number of esters is 4. The molecule has 3 aliphatic rings. The van der Waals surface area contributed by atoms with E-state index in [1.807, 2.05) is 43.4 Å². The van der Waals surface area contributed by atoms with Crippen LogP contribution in [0.1, 0.15) is 128 Å². The molecule has 0 bridgehead atoms. The van der Waals surface area contributed by atoms with Crippen LogP contribution in [0.15, 0.2) is 91.7 Å². The molecule has 3 aromatic heterocycles. The second-order valence-corrected chi connectivity index (χ2v) is 30.3. The molecule has 0 saturated heterocycles. The fraction of sp³-hybridized carbons (Fsp3) is 0.406. The number of methoxy groups -OCH3 is 2. The monoisotopic (exact) mass is 1660 g/mol. The van der Waals surface area contributed by atoms with Crippen molar-refractivity contribution in [3.8, 4) is 28.9 Å². The maximum Gasteiger partial charge on any atom is 1.00 e. The summed E-state index contributed by atoms with van der Waals surface area (Å²) in [5, 5.41) is 26.3. The number of carbonyl (C=O) groups is 6. The van der Waals surface area contributed by atoms with Gasteiger partial charge in [-0.15, -0.1) is 0 Å². The molecule has 7 aromatic rings. The zero-order chi connectivity index (χ0) is 77.8. The van der Waals surface area contributed by atoms with E-state index >= 15 is 0 Å². The van der Waals surface area contributed by atoms with Crippen LogP contribution in [0.4, 0.5) is 16.4 Å². The smallest absolute Gasteiger partial charge is 0.493 e. The molecule has 37 heteroatoms. The first kappa shape index (κ1) is 86.6. The number of sulfonamides is 1. The zero-order valence-electron chi connectivity index (χ0n) is 61.3. The molecular formula is C69H80Cl2IN12NaO19S2. The van der Waals surface area contributed by atoms with E-state index in [9.17, 15) is 55.5 Å². The van der Waals surface area contributed by atoms with E-state index in [1.54, 1.807) is 55.3 Å². The van der Waals surface area contributed by atoms with E-state index in [-0.39, 0.29) is 112 Å². The Labute approximate surface area is 658 Å². The number of aromatic nitrogens is 7. The molecule has 0 aliphatic carbocycles. The number of anilines is 2. The van der Waals surface area contributed by atoms with Crippen LogP contribution in [0.2, 0.25) is 10.0 Å². The minimum absolute atomic E-state index is 0. The predicted octanol–water partition coefficient (Wildman–Crippen LogP) is 7.25. The number of hydrogen-bond donors (Lipinski definition) is 2. The maximum absolute atomic E-state index is 13.5. The van der Waals surface area contributed by atoms with Gasteiger partial charge >= 0.3 is 59.4 Å². The molecular weight excluding hydrogens is 1590 g/mol. The normalized spacial score (nSPS) is 14.6. The first-order chi connectivity index (χ1) is 49.4. The summed E-state index contributed by atoms with van der Waals surface area (Å²) in [7, 11) is -4.08. The average molecular weight is 1670 g/mol. The summed E-state index contributed by atoms with van der Waals surface area (Å²) in [6, 6.07) is 14.6. The molecule has 0 saturated carbocycles. The Hall–Kier alpha value is -8.36. The SMILES string of the molecule is CCOC(=O)C1=NN(c2ccc(Cl)cc2Cl)C(C)(C(=O)OCC)C1.CCc1cc(C)cc(CC)c1-c1c(OC(=O)C(C)(C)C)n2n(c1=O)CCOCC2.COC(=O)c1ccc(I)cc1S(=O)(=O)[N-]C(=O)Nc1nc(C)nc(OC)n1.Cc1c(C(=O)c2cnn(C)c2O)ccc(S(C)(=O)=O)c1C1=NOCC1.[Na+]. The number of benzene rings is 4. The van der Waals surface area contributed by atoms with Gasteiger partial charge in [0.25, 0.3) is 5.56 Å². The van der Waals surface area contributed by atoms with Gasteiger partial charge in [-0.2, -0.15) is 20.2 Å². The van der Waals surface area contributed by atoms with Gasteiger partial charge in [0, 0.05) is 45.9 Å². The Morgan fingerprint density at radius 3 is 1.99 bits per heavy atom. The minimum Gasteiger partial charge on any atom is -0.493 e. The van der Waals surface area contributed by atoms with Crippen LogP contribution in [-0.2, 0) is 91.0 Å². The van der Waals surface area contributed by atoms with E-state index in [4.69, 9.17) is 51.7 Å². The van der Waals surface area contributed by atoms with Gasteiger partial charge < -0.3 is 48.4 Å². The number of rotatable bonds is 18. The van der Waals surface area contributed by atoms with E-state index in [1.165, 1.54) is 72.9 Å². The summed E-state index contributed by atoms with van der Waals surface area (Å²) < 4.78 is 88.6. The summed E-state index contributed by atoms with van der Waals surface area (Å²) >= 11 is 14.0. The Morgan fingerprint density at radius 1 is 0.792 bits per heavy atom. The summed E-state index contributed by atoms with van der Waals surface area (Å²) in [6.07, 6.45) is 4.49. The van der Waals surface area contributed by atoms with Gasteiger partial charge in [0.05, 0.1) is 97.1 Å². The number of carbonyl (C=O) groups excluding carboxylic acids is 6. The summed E-state index contributed by atoms with van der Waals surface area (Å²) in [6.45, 7) is 22.6.